The Labute approximate surface area is 86.3 Å². The van der Waals surface area contributed by atoms with Gasteiger partial charge in [0.1, 0.15) is 0 Å². The molecule has 0 bridgehead atoms. The van der Waals surface area contributed by atoms with E-state index in [4.69, 9.17) is 28.9 Å². The van der Waals surface area contributed by atoms with Crippen molar-refractivity contribution in [3.63, 3.8) is 0 Å². The third-order valence-electron chi connectivity index (χ3n) is 2.36. The van der Waals surface area contributed by atoms with E-state index in [9.17, 15) is 5.11 Å². The molecule has 1 aromatic carbocycles. The second kappa shape index (κ2) is 3.14. The van der Waals surface area contributed by atoms with E-state index in [2.05, 4.69) is 0 Å². The second-order valence-electron chi connectivity index (χ2n) is 3.27. The molecule has 2 rings (SSSR count). The minimum absolute atomic E-state index is 0.258. The van der Waals surface area contributed by atoms with Crippen molar-refractivity contribution in [2.45, 2.75) is 18.6 Å². The molecule has 2 unspecified atom stereocenters. The van der Waals surface area contributed by atoms with E-state index in [0.29, 0.717) is 16.5 Å². The number of rotatable bonds is 0. The molecule has 0 amide bonds. The summed E-state index contributed by atoms with van der Waals surface area (Å²) in [5.41, 5.74) is 7.39. The summed E-state index contributed by atoms with van der Waals surface area (Å²) in [6.45, 7) is 0. The highest BCUT2D eigenvalue weighted by atomic mass is 35.5. The summed E-state index contributed by atoms with van der Waals surface area (Å²) in [4.78, 5) is 0. The van der Waals surface area contributed by atoms with E-state index in [0.717, 1.165) is 11.1 Å². The molecule has 3 N–H and O–H groups in total. The molecule has 0 fully saturated rings. The molecule has 1 aliphatic carbocycles. The molecule has 70 valence electrons. The van der Waals surface area contributed by atoms with Gasteiger partial charge in [-0.2, -0.15) is 0 Å². The van der Waals surface area contributed by atoms with Crippen molar-refractivity contribution < 1.29 is 5.11 Å². The zero-order chi connectivity index (χ0) is 9.59. The molecule has 13 heavy (non-hydrogen) atoms. The first kappa shape index (κ1) is 9.28. The second-order valence-corrected chi connectivity index (χ2v) is 4.11. The fourth-order valence-electron chi connectivity index (χ4n) is 1.68. The maximum atomic E-state index is 9.66. The summed E-state index contributed by atoms with van der Waals surface area (Å²) < 4.78 is 0. The first-order valence-corrected chi connectivity index (χ1v) is 4.76. The predicted molar refractivity (Wildman–Crippen MR) is 53.1 cm³/mol. The van der Waals surface area contributed by atoms with Crippen LogP contribution in [-0.4, -0.2) is 11.1 Å². The fraction of sp³-hybridized carbons (Fsp3) is 0.333. The number of halogens is 2. The van der Waals surface area contributed by atoms with E-state index in [-0.39, 0.29) is 6.04 Å². The van der Waals surface area contributed by atoms with Crippen molar-refractivity contribution in [3.05, 3.63) is 33.3 Å². The standard InChI is InChI=1S/C9H9Cl2NO/c10-4-1-6-5(7(11)2-4)3-8(12)9(6)13/h1-2,8-9,13H,3,12H2. The molecule has 0 heterocycles. The smallest absolute Gasteiger partial charge is 0.0947 e. The van der Waals surface area contributed by atoms with Crippen molar-refractivity contribution in [1.82, 2.24) is 0 Å². The number of hydrogen-bond acceptors (Lipinski definition) is 2. The maximum Gasteiger partial charge on any atom is 0.0947 e. The lowest BCUT2D eigenvalue weighted by Crippen LogP contribution is -2.24. The van der Waals surface area contributed by atoms with Gasteiger partial charge in [-0.3, -0.25) is 0 Å². The van der Waals surface area contributed by atoms with E-state index < -0.39 is 6.10 Å². The van der Waals surface area contributed by atoms with Gasteiger partial charge >= 0.3 is 0 Å². The monoisotopic (exact) mass is 217 g/mol. The number of aliphatic hydroxyl groups is 1. The average Bonchev–Trinajstić information content (AvgIpc) is 2.32. The van der Waals surface area contributed by atoms with E-state index in [1.165, 1.54) is 0 Å². The van der Waals surface area contributed by atoms with Crippen LogP contribution in [0.3, 0.4) is 0 Å². The van der Waals surface area contributed by atoms with Crippen LogP contribution in [0.4, 0.5) is 0 Å². The average molecular weight is 218 g/mol. The van der Waals surface area contributed by atoms with Crippen molar-refractivity contribution in [1.29, 1.82) is 0 Å². The highest BCUT2D eigenvalue weighted by Gasteiger charge is 2.29. The van der Waals surface area contributed by atoms with Crippen LogP contribution in [0.15, 0.2) is 12.1 Å². The van der Waals surface area contributed by atoms with Gasteiger partial charge in [0.05, 0.1) is 6.10 Å². The van der Waals surface area contributed by atoms with E-state index >= 15 is 0 Å². The van der Waals surface area contributed by atoms with Crippen LogP contribution in [0.2, 0.25) is 10.0 Å². The zero-order valence-corrected chi connectivity index (χ0v) is 8.31. The molecule has 0 saturated heterocycles. The lowest BCUT2D eigenvalue weighted by molar-refractivity contribution is 0.159. The SMILES string of the molecule is NC1Cc2c(Cl)cc(Cl)cc2C1O. The van der Waals surface area contributed by atoms with Gasteiger partial charge < -0.3 is 10.8 Å². The van der Waals surface area contributed by atoms with Crippen LogP contribution in [-0.2, 0) is 6.42 Å². The minimum atomic E-state index is -0.633. The summed E-state index contributed by atoms with van der Waals surface area (Å²) in [5, 5.41) is 10.8. The third-order valence-corrected chi connectivity index (χ3v) is 2.91. The summed E-state index contributed by atoms with van der Waals surface area (Å²) in [7, 11) is 0. The Morgan fingerprint density at radius 1 is 1.38 bits per heavy atom. The molecule has 0 radical (unpaired) electrons. The molecular weight excluding hydrogens is 209 g/mol. The third kappa shape index (κ3) is 1.44. The van der Waals surface area contributed by atoms with Crippen LogP contribution >= 0.6 is 23.2 Å². The van der Waals surface area contributed by atoms with Crippen LogP contribution in [0.5, 0.6) is 0 Å². The molecular formula is C9H9Cl2NO. The summed E-state index contributed by atoms with van der Waals surface area (Å²) in [5.74, 6) is 0. The van der Waals surface area contributed by atoms with E-state index in [1.54, 1.807) is 12.1 Å². The minimum Gasteiger partial charge on any atom is -0.387 e. The lowest BCUT2D eigenvalue weighted by atomic mass is 10.1. The predicted octanol–water partition coefficient (Wildman–Crippen LogP) is 1.91. The lowest BCUT2D eigenvalue weighted by Gasteiger charge is -2.08. The molecule has 1 aromatic rings. The molecule has 0 saturated carbocycles. The van der Waals surface area contributed by atoms with Crippen molar-refractivity contribution in [2.24, 2.45) is 5.73 Å². The molecule has 0 aromatic heterocycles. The van der Waals surface area contributed by atoms with Gasteiger partial charge in [0, 0.05) is 16.1 Å². The molecule has 2 atom stereocenters. The summed E-state index contributed by atoms with van der Waals surface area (Å²) in [6, 6.07) is 3.14. The Hall–Kier alpha value is -0.280. The topological polar surface area (TPSA) is 46.2 Å². The molecule has 2 nitrogen and oxygen atoms in total. The zero-order valence-electron chi connectivity index (χ0n) is 6.80. The molecule has 0 spiro atoms. The first-order valence-electron chi connectivity index (χ1n) is 4.01. The van der Waals surface area contributed by atoms with Gasteiger partial charge in [-0.1, -0.05) is 23.2 Å². The molecule has 4 heteroatoms. The number of hydrogen-bond donors (Lipinski definition) is 2. The van der Waals surface area contributed by atoms with E-state index in [1.807, 2.05) is 0 Å². The first-order chi connectivity index (χ1) is 6.09. The number of aliphatic hydroxyl groups excluding tert-OH is 1. The molecule has 0 aliphatic heterocycles. The fourth-order valence-corrected chi connectivity index (χ4v) is 2.27. The Bertz CT molecular complexity index is 354. The van der Waals surface area contributed by atoms with Crippen molar-refractivity contribution in [2.75, 3.05) is 0 Å². The van der Waals surface area contributed by atoms with Crippen molar-refractivity contribution in [3.8, 4) is 0 Å². The number of fused-ring (bicyclic) bond motifs is 1. The summed E-state index contributed by atoms with van der Waals surface area (Å²) in [6.07, 6.45) is -0.0156. The van der Waals surface area contributed by atoms with Crippen molar-refractivity contribution >= 4 is 23.2 Å². The van der Waals surface area contributed by atoms with Crippen LogP contribution in [0, 0.1) is 0 Å². The summed E-state index contributed by atoms with van der Waals surface area (Å²) >= 11 is 11.8. The Morgan fingerprint density at radius 3 is 2.77 bits per heavy atom. The normalized spacial score (nSPS) is 26.2. The quantitative estimate of drug-likeness (QED) is 0.698. The number of benzene rings is 1. The molecule has 1 aliphatic rings. The van der Waals surface area contributed by atoms with Crippen LogP contribution in [0.25, 0.3) is 0 Å². The maximum absolute atomic E-state index is 9.66. The van der Waals surface area contributed by atoms with Gasteiger partial charge in [0.2, 0.25) is 0 Å². The van der Waals surface area contributed by atoms with Crippen LogP contribution in [0.1, 0.15) is 17.2 Å². The van der Waals surface area contributed by atoms with Crippen LogP contribution < -0.4 is 5.73 Å². The Kier molecular flexibility index (Phi) is 2.24. The van der Waals surface area contributed by atoms with Gasteiger partial charge in [-0.05, 0) is 29.7 Å². The Balaban J connectivity index is 2.57. The Morgan fingerprint density at radius 2 is 2.08 bits per heavy atom. The number of nitrogens with two attached hydrogens (primary N) is 1. The highest BCUT2D eigenvalue weighted by molar-refractivity contribution is 6.35. The van der Waals surface area contributed by atoms with Gasteiger partial charge in [-0.25, -0.2) is 0 Å². The van der Waals surface area contributed by atoms with Gasteiger partial charge in [-0.15, -0.1) is 0 Å². The largest absolute Gasteiger partial charge is 0.387 e. The van der Waals surface area contributed by atoms with Gasteiger partial charge in [0.15, 0.2) is 0 Å². The highest BCUT2D eigenvalue weighted by Crippen LogP contribution is 2.37. The van der Waals surface area contributed by atoms with Gasteiger partial charge in [0.25, 0.3) is 0 Å².